The lowest BCUT2D eigenvalue weighted by molar-refractivity contribution is 0.0787. The zero-order valence-corrected chi connectivity index (χ0v) is 10.4. The summed E-state index contributed by atoms with van der Waals surface area (Å²) in [5.74, 6) is 0.470. The van der Waals surface area contributed by atoms with Crippen LogP contribution in [0.15, 0.2) is 18.2 Å². The highest BCUT2D eigenvalue weighted by Gasteiger charge is 2.26. The zero-order valence-electron chi connectivity index (χ0n) is 9.65. The maximum absolute atomic E-state index is 12.3. The van der Waals surface area contributed by atoms with E-state index in [0.717, 1.165) is 6.42 Å². The predicted octanol–water partition coefficient (Wildman–Crippen LogP) is 1.52. The summed E-state index contributed by atoms with van der Waals surface area (Å²) in [6, 6.07) is 5.11. The Balaban J connectivity index is 2.26. The Kier molecular flexibility index (Phi) is 3.54. The number of halogens is 1. The molecule has 1 atom stereocenters. The molecule has 0 radical (unpaired) electrons. The number of amides is 1. The van der Waals surface area contributed by atoms with Crippen molar-refractivity contribution in [2.75, 3.05) is 20.2 Å². The quantitative estimate of drug-likeness (QED) is 0.871. The molecular formula is C12H15ClN2O2. The zero-order chi connectivity index (χ0) is 12.4. The van der Waals surface area contributed by atoms with Gasteiger partial charge in [-0.05, 0) is 24.6 Å². The first-order valence-electron chi connectivity index (χ1n) is 5.50. The van der Waals surface area contributed by atoms with E-state index >= 15 is 0 Å². The van der Waals surface area contributed by atoms with Gasteiger partial charge in [0.1, 0.15) is 5.75 Å². The number of carbonyl (C=O) groups excluding carboxylic acids is 1. The maximum atomic E-state index is 12.3. The standard InChI is InChI=1S/C12H15ClN2O2/c1-17-11-3-2-8(13)6-10(11)12(16)15-5-4-9(14)7-15/h2-3,6,9H,4-5,7,14H2,1H3/t9-/m0/s1. The van der Waals surface area contributed by atoms with Crippen LogP contribution in [-0.4, -0.2) is 37.0 Å². The van der Waals surface area contributed by atoms with Crippen LogP contribution in [0.5, 0.6) is 5.75 Å². The van der Waals surface area contributed by atoms with Gasteiger partial charge in [0.25, 0.3) is 5.91 Å². The van der Waals surface area contributed by atoms with E-state index < -0.39 is 0 Å². The summed E-state index contributed by atoms with van der Waals surface area (Å²) in [4.78, 5) is 14.0. The van der Waals surface area contributed by atoms with Crippen molar-refractivity contribution in [1.82, 2.24) is 4.90 Å². The van der Waals surface area contributed by atoms with Crippen molar-refractivity contribution >= 4 is 17.5 Å². The molecule has 92 valence electrons. The highest BCUT2D eigenvalue weighted by Crippen LogP contribution is 2.25. The van der Waals surface area contributed by atoms with Crippen LogP contribution >= 0.6 is 11.6 Å². The molecule has 0 bridgehead atoms. The first kappa shape index (κ1) is 12.2. The second kappa shape index (κ2) is 4.94. The molecule has 2 N–H and O–H groups in total. The molecule has 1 aliphatic heterocycles. The number of methoxy groups -OCH3 is 1. The summed E-state index contributed by atoms with van der Waals surface area (Å²) in [5, 5.41) is 0.526. The second-order valence-corrected chi connectivity index (χ2v) is 4.58. The molecule has 1 fully saturated rings. The van der Waals surface area contributed by atoms with Gasteiger partial charge in [-0.15, -0.1) is 0 Å². The molecular weight excluding hydrogens is 240 g/mol. The number of benzene rings is 1. The van der Waals surface area contributed by atoms with E-state index in [0.29, 0.717) is 29.4 Å². The summed E-state index contributed by atoms with van der Waals surface area (Å²) < 4.78 is 5.17. The molecule has 1 aromatic carbocycles. The summed E-state index contributed by atoms with van der Waals surface area (Å²) in [7, 11) is 1.54. The Morgan fingerprint density at radius 3 is 2.94 bits per heavy atom. The number of likely N-dealkylation sites (tertiary alicyclic amines) is 1. The molecule has 17 heavy (non-hydrogen) atoms. The van der Waals surface area contributed by atoms with Crippen molar-refractivity contribution in [2.24, 2.45) is 5.73 Å². The first-order chi connectivity index (χ1) is 8.11. The van der Waals surface area contributed by atoms with Crippen molar-refractivity contribution in [1.29, 1.82) is 0 Å². The van der Waals surface area contributed by atoms with Crippen LogP contribution < -0.4 is 10.5 Å². The van der Waals surface area contributed by atoms with Crippen molar-refractivity contribution in [3.05, 3.63) is 28.8 Å². The number of carbonyl (C=O) groups is 1. The number of hydrogen-bond donors (Lipinski definition) is 1. The monoisotopic (exact) mass is 254 g/mol. The molecule has 1 amide bonds. The fourth-order valence-corrected chi connectivity index (χ4v) is 2.16. The van der Waals surface area contributed by atoms with Gasteiger partial charge >= 0.3 is 0 Å². The van der Waals surface area contributed by atoms with Crippen molar-refractivity contribution in [3.63, 3.8) is 0 Å². The van der Waals surface area contributed by atoms with Crippen LogP contribution in [0.1, 0.15) is 16.8 Å². The van der Waals surface area contributed by atoms with Gasteiger partial charge in [0.05, 0.1) is 12.7 Å². The van der Waals surface area contributed by atoms with Gasteiger partial charge in [0.2, 0.25) is 0 Å². The minimum Gasteiger partial charge on any atom is -0.496 e. The van der Waals surface area contributed by atoms with Crippen molar-refractivity contribution < 1.29 is 9.53 Å². The number of nitrogens with zero attached hydrogens (tertiary/aromatic N) is 1. The van der Waals surface area contributed by atoms with E-state index in [2.05, 4.69) is 0 Å². The van der Waals surface area contributed by atoms with Gasteiger partial charge in [0, 0.05) is 24.2 Å². The Hall–Kier alpha value is -1.26. The lowest BCUT2D eigenvalue weighted by Crippen LogP contribution is -2.32. The van der Waals surface area contributed by atoms with E-state index in [1.807, 2.05) is 0 Å². The number of rotatable bonds is 2. The van der Waals surface area contributed by atoms with Crippen molar-refractivity contribution in [3.8, 4) is 5.75 Å². The number of nitrogens with two attached hydrogens (primary N) is 1. The largest absolute Gasteiger partial charge is 0.496 e. The van der Waals surface area contributed by atoms with Crippen LogP contribution in [0.3, 0.4) is 0 Å². The second-order valence-electron chi connectivity index (χ2n) is 4.14. The molecule has 1 aliphatic rings. The summed E-state index contributed by atoms with van der Waals surface area (Å²) in [6.45, 7) is 1.28. The van der Waals surface area contributed by atoms with Crippen molar-refractivity contribution in [2.45, 2.75) is 12.5 Å². The number of hydrogen-bond acceptors (Lipinski definition) is 3. The third-order valence-electron chi connectivity index (χ3n) is 2.90. The van der Waals surface area contributed by atoms with Crippen LogP contribution in [0.25, 0.3) is 0 Å². The Morgan fingerprint density at radius 1 is 1.59 bits per heavy atom. The van der Waals surface area contributed by atoms with Crippen LogP contribution in [-0.2, 0) is 0 Å². The normalized spacial score (nSPS) is 19.5. The fraction of sp³-hybridized carbons (Fsp3) is 0.417. The topological polar surface area (TPSA) is 55.6 Å². The van der Waals surface area contributed by atoms with Gasteiger partial charge in [0.15, 0.2) is 0 Å². The highest BCUT2D eigenvalue weighted by atomic mass is 35.5. The van der Waals surface area contributed by atoms with E-state index in [1.54, 1.807) is 23.1 Å². The first-order valence-corrected chi connectivity index (χ1v) is 5.88. The molecule has 1 aromatic rings. The smallest absolute Gasteiger partial charge is 0.257 e. The average molecular weight is 255 g/mol. The Labute approximate surface area is 105 Å². The summed E-state index contributed by atoms with van der Waals surface area (Å²) >= 11 is 5.90. The minimum absolute atomic E-state index is 0.0719. The molecule has 0 aromatic heterocycles. The number of ether oxygens (including phenoxy) is 1. The molecule has 0 saturated carbocycles. The van der Waals surface area contributed by atoms with Crippen LogP contribution in [0.2, 0.25) is 5.02 Å². The molecule has 4 nitrogen and oxygen atoms in total. The SMILES string of the molecule is COc1ccc(Cl)cc1C(=O)N1CC[C@H](N)C1. The van der Waals surface area contributed by atoms with Gasteiger partial charge in [-0.2, -0.15) is 0 Å². The van der Waals surface area contributed by atoms with Gasteiger partial charge in [-0.25, -0.2) is 0 Å². The van der Waals surface area contributed by atoms with E-state index in [9.17, 15) is 4.79 Å². The van der Waals surface area contributed by atoms with Crippen LogP contribution in [0, 0.1) is 0 Å². The molecule has 0 unspecified atom stereocenters. The van der Waals surface area contributed by atoms with E-state index in [1.165, 1.54) is 7.11 Å². The lowest BCUT2D eigenvalue weighted by atomic mass is 10.1. The molecule has 5 heteroatoms. The molecule has 2 rings (SSSR count). The lowest BCUT2D eigenvalue weighted by Gasteiger charge is -2.17. The summed E-state index contributed by atoms with van der Waals surface area (Å²) in [5.41, 5.74) is 6.28. The molecule has 0 spiro atoms. The Morgan fingerprint density at radius 2 is 2.35 bits per heavy atom. The average Bonchev–Trinajstić information content (AvgIpc) is 2.75. The van der Waals surface area contributed by atoms with E-state index in [4.69, 9.17) is 22.1 Å². The summed E-state index contributed by atoms with van der Waals surface area (Å²) in [6.07, 6.45) is 0.842. The van der Waals surface area contributed by atoms with Gasteiger partial charge < -0.3 is 15.4 Å². The maximum Gasteiger partial charge on any atom is 0.257 e. The third kappa shape index (κ3) is 2.53. The molecule has 0 aliphatic carbocycles. The Bertz CT molecular complexity index is 437. The highest BCUT2D eigenvalue weighted by molar-refractivity contribution is 6.31. The fourth-order valence-electron chi connectivity index (χ4n) is 1.99. The van der Waals surface area contributed by atoms with Gasteiger partial charge in [-0.1, -0.05) is 11.6 Å². The molecule has 1 saturated heterocycles. The third-order valence-corrected chi connectivity index (χ3v) is 3.14. The van der Waals surface area contributed by atoms with Gasteiger partial charge in [-0.3, -0.25) is 4.79 Å². The predicted molar refractivity (Wildman–Crippen MR) is 66.5 cm³/mol. The van der Waals surface area contributed by atoms with E-state index in [-0.39, 0.29) is 11.9 Å². The van der Waals surface area contributed by atoms with Crippen LogP contribution in [0.4, 0.5) is 0 Å². The molecule has 1 heterocycles. The minimum atomic E-state index is -0.0719.